The molecule has 0 saturated carbocycles. The molecular weight excluding hydrogens is 352 g/mol. The maximum absolute atomic E-state index is 14.0. The predicted octanol–water partition coefficient (Wildman–Crippen LogP) is 3.89. The number of nitrogens with zero attached hydrogens (tertiary/aromatic N) is 2. The Morgan fingerprint density at radius 3 is 2.41 bits per heavy atom. The number of rotatable bonds is 5. The summed E-state index contributed by atoms with van der Waals surface area (Å²) in [6.45, 7) is 1.04. The molecule has 0 aliphatic rings. The van der Waals surface area contributed by atoms with Gasteiger partial charge in [0.1, 0.15) is 17.3 Å². The van der Waals surface area contributed by atoms with Crippen molar-refractivity contribution in [3.63, 3.8) is 0 Å². The summed E-state index contributed by atoms with van der Waals surface area (Å²) in [4.78, 5) is 29.3. The van der Waals surface area contributed by atoms with Crippen molar-refractivity contribution < 1.29 is 18.4 Å². The largest absolute Gasteiger partial charge is 0.324 e. The van der Waals surface area contributed by atoms with Gasteiger partial charge in [0.05, 0.1) is 11.2 Å². The van der Waals surface area contributed by atoms with Crippen LogP contribution in [0.2, 0.25) is 0 Å². The van der Waals surface area contributed by atoms with Crippen LogP contribution in [-0.2, 0) is 9.59 Å². The third kappa shape index (κ3) is 4.08. The lowest BCUT2D eigenvalue weighted by Crippen LogP contribution is -2.33. The SMILES string of the molecule is CC(=O)N(CCC(=O)Nc1cccc2cccnc12)c1c(F)cccc1F. The summed E-state index contributed by atoms with van der Waals surface area (Å²) in [6.07, 6.45) is 1.49. The number of fused-ring (bicyclic) bond motifs is 1. The lowest BCUT2D eigenvalue weighted by molar-refractivity contribution is -0.117. The van der Waals surface area contributed by atoms with Gasteiger partial charge < -0.3 is 10.2 Å². The molecule has 0 saturated heterocycles. The molecule has 138 valence electrons. The van der Waals surface area contributed by atoms with Gasteiger partial charge in [-0.2, -0.15) is 0 Å². The van der Waals surface area contributed by atoms with E-state index in [2.05, 4.69) is 10.3 Å². The third-order valence-corrected chi connectivity index (χ3v) is 4.06. The average Bonchev–Trinajstić information content (AvgIpc) is 2.64. The van der Waals surface area contributed by atoms with Gasteiger partial charge in [-0.25, -0.2) is 8.78 Å². The number of carbonyl (C=O) groups is 2. The number of carbonyl (C=O) groups excluding carboxylic acids is 2. The van der Waals surface area contributed by atoms with Gasteiger partial charge in [0.2, 0.25) is 11.8 Å². The molecule has 1 N–H and O–H groups in total. The summed E-state index contributed by atoms with van der Waals surface area (Å²) in [5.74, 6) is -2.66. The highest BCUT2D eigenvalue weighted by Gasteiger charge is 2.21. The van der Waals surface area contributed by atoms with Crippen molar-refractivity contribution in [3.8, 4) is 0 Å². The summed E-state index contributed by atoms with van der Waals surface area (Å²) in [7, 11) is 0. The van der Waals surface area contributed by atoms with E-state index in [4.69, 9.17) is 0 Å². The Balaban J connectivity index is 1.74. The van der Waals surface area contributed by atoms with Crippen molar-refractivity contribution in [1.82, 2.24) is 4.98 Å². The van der Waals surface area contributed by atoms with E-state index in [1.54, 1.807) is 24.4 Å². The first-order valence-corrected chi connectivity index (χ1v) is 8.33. The Labute approximate surface area is 154 Å². The molecule has 5 nitrogen and oxygen atoms in total. The molecule has 1 aromatic heterocycles. The maximum atomic E-state index is 14.0. The van der Waals surface area contributed by atoms with Crippen LogP contribution >= 0.6 is 0 Å². The number of hydrogen-bond acceptors (Lipinski definition) is 3. The summed E-state index contributed by atoms with van der Waals surface area (Å²) in [5, 5.41) is 3.60. The molecule has 3 rings (SSSR count). The Kier molecular flexibility index (Phi) is 5.40. The quantitative estimate of drug-likeness (QED) is 0.742. The third-order valence-electron chi connectivity index (χ3n) is 4.06. The van der Waals surface area contributed by atoms with Gasteiger partial charge in [-0.05, 0) is 24.3 Å². The summed E-state index contributed by atoms with van der Waals surface area (Å²) >= 11 is 0. The molecule has 1 heterocycles. The minimum atomic E-state index is -0.858. The average molecular weight is 369 g/mol. The second kappa shape index (κ2) is 7.90. The predicted molar refractivity (Wildman–Crippen MR) is 99.4 cm³/mol. The maximum Gasteiger partial charge on any atom is 0.226 e. The van der Waals surface area contributed by atoms with Gasteiger partial charge in [-0.3, -0.25) is 14.6 Å². The molecule has 0 bridgehead atoms. The van der Waals surface area contributed by atoms with Gasteiger partial charge in [0.15, 0.2) is 0 Å². The Morgan fingerprint density at radius 2 is 1.70 bits per heavy atom. The van der Waals surface area contributed by atoms with Crippen molar-refractivity contribution in [2.45, 2.75) is 13.3 Å². The van der Waals surface area contributed by atoms with E-state index < -0.39 is 29.1 Å². The van der Waals surface area contributed by atoms with Crippen LogP contribution in [0.15, 0.2) is 54.7 Å². The van der Waals surface area contributed by atoms with E-state index in [-0.39, 0.29) is 13.0 Å². The van der Waals surface area contributed by atoms with Crippen LogP contribution in [-0.4, -0.2) is 23.3 Å². The van der Waals surface area contributed by atoms with Crippen molar-refractivity contribution >= 4 is 34.1 Å². The number of pyridine rings is 1. The van der Waals surface area contributed by atoms with Gasteiger partial charge in [0, 0.05) is 31.5 Å². The number of aromatic nitrogens is 1. The molecule has 3 aromatic rings. The molecule has 7 heteroatoms. The van der Waals surface area contributed by atoms with Crippen LogP contribution < -0.4 is 10.2 Å². The first kappa shape index (κ1) is 18.4. The number of benzene rings is 2. The summed E-state index contributed by atoms with van der Waals surface area (Å²) in [6, 6.07) is 12.4. The summed E-state index contributed by atoms with van der Waals surface area (Å²) < 4.78 is 27.9. The minimum absolute atomic E-state index is 0.128. The standard InChI is InChI=1S/C20H17F2N3O2/c1-13(26)25(20-15(21)7-3-8-16(20)22)12-10-18(27)24-17-9-2-5-14-6-4-11-23-19(14)17/h2-9,11H,10,12H2,1H3,(H,24,27). The Bertz CT molecular complexity index is 982. The number of hydrogen-bond donors (Lipinski definition) is 1. The highest BCUT2D eigenvalue weighted by Crippen LogP contribution is 2.24. The van der Waals surface area contributed by atoms with Gasteiger partial charge in [-0.15, -0.1) is 0 Å². The molecule has 0 aliphatic carbocycles. The molecule has 27 heavy (non-hydrogen) atoms. The van der Waals surface area contributed by atoms with E-state index in [0.717, 1.165) is 22.4 Å². The lowest BCUT2D eigenvalue weighted by atomic mass is 10.2. The molecule has 2 amide bonds. The number of anilines is 2. The number of para-hydroxylation sites is 2. The molecule has 0 atom stereocenters. The van der Waals surface area contributed by atoms with Gasteiger partial charge >= 0.3 is 0 Å². The van der Waals surface area contributed by atoms with Gasteiger partial charge in [-0.1, -0.05) is 24.3 Å². The molecule has 0 aliphatic heterocycles. The van der Waals surface area contributed by atoms with Crippen molar-refractivity contribution in [2.24, 2.45) is 0 Å². The topological polar surface area (TPSA) is 62.3 Å². The second-order valence-electron chi connectivity index (χ2n) is 5.92. The van der Waals surface area contributed by atoms with E-state index in [1.807, 2.05) is 12.1 Å². The number of amides is 2. The molecule has 0 radical (unpaired) electrons. The monoisotopic (exact) mass is 369 g/mol. The Morgan fingerprint density at radius 1 is 1.04 bits per heavy atom. The van der Waals surface area contributed by atoms with Crippen LogP contribution in [0.25, 0.3) is 10.9 Å². The van der Waals surface area contributed by atoms with E-state index in [1.165, 1.54) is 13.0 Å². The molecule has 0 unspecified atom stereocenters. The highest BCUT2D eigenvalue weighted by atomic mass is 19.1. The first-order valence-electron chi connectivity index (χ1n) is 8.33. The smallest absolute Gasteiger partial charge is 0.226 e. The molecule has 2 aromatic carbocycles. The fraction of sp³-hybridized carbons (Fsp3) is 0.150. The lowest BCUT2D eigenvalue weighted by Gasteiger charge is -2.22. The number of halogens is 2. The summed E-state index contributed by atoms with van der Waals surface area (Å²) in [5.41, 5.74) is 0.714. The first-order chi connectivity index (χ1) is 13.0. The van der Waals surface area contributed by atoms with Crippen molar-refractivity contribution in [1.29, 1.82) is 0 Å². The molecule has 0 spiro atoms. The van der Waals surface area contributed by atoms with E-state index in [9.17, 15) is 18.4 Å². The van der Waals surface area contributed by atoms with Crippen LogP contribution in [0.1, 0.15) is 13.3 Å². The van der Waals surface area contributed by atoms with Crippen LogP contribution in [0, 0.1) is 11.6 Å². The minimum Gasteiger partial charge on any atom is -0.324 e. The zero-order valence-corrected chi connectivity index (χ0v) is 14.6. The fourth-order valence-electron chi connectivity index (χ4n) is 2.80. The highest BCUT2D eigenvalue weighted by molar-refractivity contribution is 6.01. The normalized spacial score (nSPS) is 10.6. The molecular formula is C20H17F2N3O2. The van der Waals surface area contributed by atoms with Crippen LogP contribution in [0.4, 0.5) is 20.2 Å². The van der Waals surface area contributed by atoms with Crippen molar-refractivity contribution in [2.75, 3.05) is 16.8 Å². The van der Waals surface area contributed by atoms with Crippen LogP contribution in [0.5, 0.6) is 0 Å². The van der Waals surface area contributed by atoms with Crippen molar-refractivity contribution in [3.05, 3.63) is 66.4 Å². The fourth-order valence-corrected chi connectivity index (χ4v) is 2.80. The second-order valence-corrected chi connectivity index (χ2v) is 5.92. The number of nitrogens with one attached hydrogen (secondary N) is 1. The van der Waals surface area contributed by atoms with E-state index in [0.29, 0.717) is 11.2 Å². The Hall–Kier alpha value is -3.35. The van der Waals surface area contributed by atoms with Gasteiger partial charge in [0.25, 0.3) is 0 Å². The zero-order valence-electron chi connectivity index (χ0n) is 14.6. The van der Waals surface area contributed by atoms with Crippen LogP contribution in [0.3, 0.4) is 0 Å². The van der Waals surface area contributed by atoms with E-state index >= 15 is 0 Å². The zero-order chi connectivity index (χ0) is 19.4. The molecule has 0 fully saturated rings.